The van der Waals surface area contributed by atoms with Crippen LogP contribution < -0.4 is 0 Å². The van der Waals surface area contributed by atoms with Gasteiger partial charge in [-0.3, -0.25) is 0 Å². The molecule has 0 N–H and O–H groups in total. The van der Waals surface area contributed by atoms with Crippen molar-refractivity contribution in [1.82, 2.24) is 0 Å². The van der Waals surface area contributed by atoms with Gasteiger partial charge in [0.15, 0.2) is 0 Å². The summed E-state index contributed by atoms with van der Waals surface area (Å²) >= 11 is 17.6. The molecule has 0 aliphatic carbocycles. The van der Waals surface area contributed by atoms with Gasteiger partial charge in [0.05, 0.1) is 0 Å². The Morgan fingerprint density at radius 1 is 1.14 bits per heavy atom. The number of hydrogen-bond acceptors (Lipinski definition) is 0. The van der Waals surface area contributed by atoms with Crippen molar-refractivity contribution < 1.29 is 0 Å². The zero-order chi connectivity index (χ0) is 10.8. The van der Waals surface area contributed by atoms with E-state index in [1.807, 2.05) is 24.3 Å². The van der Waals surface area contributed by atoms with E-state index >= 15 is 0 Å². The van der Waals surface area contributed by atoms with Gasteiger partial charge < -0.3 is 0 Å². The second kappa shape index (κ2) is 4.74. The van der Waals surface area contributed by atoms with E-state index in [9.17, 15) is 0 Å². The van der Waals surface area contributed by atoms with Crippen LogP contribution in [0.4, 0.5) is 0 Å². The van der Waals surface area contributed by atoms with Crippen LogP contribution >= 0.6 is 34.8 Å². The molecule has 0 aromatic heterocycles. The lowest BCUT2D eigenvalue weighted by molar-refractivity contribution is 0.643. The van der Waals surface area contributed by atoms with Gasteiger partial charge in [-0.15, -0.1) is 0 Å². The van der Waals surface area contributed by atoms with Gasteiger partial charge in [0.1, 0.15) is 0 Å². The Balaban J connectivity index is 3.04. The van der Waals surface area contributed by atoms with Crippen LogP contribution in [-0.4, -0.2) is 0 Å². The van der Waals surface area contributed by atoms with Crippen LogP contribution in [0.5, 0.6) is 0 Å². The molecule has 1 aromatic carbocycles. The summed E-state index contributed by atoms with van der Waals surface area (Å²) < 4.78 is -1.31. The third kappa shape index (κ3) is 3.34. The van der Waals surface area contributed by atoms with Crippen molar-refractivity contribution in [2.75, 3.05) is 0 Å². The molecule has 0 aliphatic heterocycles. The third-order valence-electron chi connectivity index (χ3n) is 1.95. The molecule has 1 rings (SSSR count). The van der Waals surface area contributed by atoms with E-state index in [4.69, 9.17) is 34.8 Å². The molecule has 78 valence electrons. The average molecular weight is 252 g/mol. The van der Waals surface area contributed by atoms with Gasteiger partial charge in [0.25, 0.3) is 0 Å². The maximum atomic E-state index is 5.88. The second-order valence-corrected chi connectivity index (χ2v) is 6.03. The van der Waals surface area contributed by atoms with E-state index < -0.39 is 3.79 Å². The van der Waals surface area contributed by atoms with Crippen molar-refractivity contribution in [1.29, 1.82) is 0 Å². The Morgan fingerprint density at radius 3 is 2.21 bits per heavy atom. The Hall–Kier alpha value is 0.0900. The number of halogens is 3. The van der Waals surface area contributed by atoms with Crippen LogP contribution in [-0.2, 0) is 10.2 Å². The van der Waals surface area contributed by atoms with Gasteiger partial charge in [-0.05, 0) is 17.9 Å². The molecule has 0 bridgehead atoms. The molecule has 0 radical (unpaired) electrons. The van der Waals surface area contributed by atoms with E-state index in [1.165, 1.54) is 0 Å². The molecule has 0 fully saturated rings. The van der Waals surface area contributed by atoms with Gasteiger partial charge in [-0.25, -0.2) is 0 Å². The molecule has 0 saturated carbocycles. The summed E-state index contributed by atoms with van der Waals surface area (Å²) in [4.78, 5) is 0. The monoisotopic (exact) mass is 250 g/mol. The summed E-state index contributed by atoms with van der Waals surface area (Å²) in [5.74, 6) is 0.559. The summed E-state index contributed by atoms with van der Waals surface area (Å²) in [6.07, 6.45) is 0.935. The molecule has 1 aromatic rings. The van der Waals surface area contributed by atoms with Gasteiger partial charge in [0, 0.05) is 5.56 Å². The number of benzene rings is 1. The average Bonchev–Trinajstić information content (AvgIpc) is 2.01. The lowest BCUT2D eigenvalue weighted by atomic mass is 9.99. The minimum atomic E-state index is -1.31. The van der Waals surface area contributed by atoms with Crippen molar-refractivity contribution in [2.24, 2.45) is 5.92 Å². The Labute approximate surface area is 100 Å². The van der Waals surface area contributed by atoms with Gasteiger partial charge in [-0.2, -0.15) is 0 Å². The molecule has 0 atom stereocenters. The van der Waals surface area contributed by atoms with Crippen LogP contribution in [0.15, 0.2) is 24.3 Å². The lowest BCUT2D eigenvalue weighted by Crippen LogP contribution is -2.07. The summed E-state index contributed by atoms with van der Waals surface area (Å²) in [7, 11) is 0. The Kier molecular flexibility index (Phi) is 4.12. The van der Waals surface area contributed by atoms with Gasteiger partial charge >= 0.3 is 0 Å². The first-order valence-corrected chi connectivity index (χ1v) is 5.69. The molecule has 3 heteroatoms. The minimum Gasteiger partial charge on any atom is -0.0784 e. The summed E-state index contributed by atoms with van der Waals surface area (Å²) in [6, 6.07) is 7.74. The third-order valence-corrected chi connectivity index (χ3v) is 2.56. The first-order valence-electron chi connectivity index (χ1n) is 4.56. The molecule has 0 spiro atoms. The highest BCUT2D eigenvalue weighted by Crippen LogP contribution is 2.40. The van der Waals surface area contributed by atoms with Crippen molar-refractivity contribution in [3.63, 3.8) is 0 Å². The SMILES string of the molecule is CC(C)Cc1ccccc1C(Cl)(Cl)Cl. The van der Waals surface area contributed by atoms with E-state index in [1.54, 1.807) is 0 Å². The van der Waals surface area contributed by atoms with Crippen molar-refractivity contribution in [2.45, 2.75) is 24.1 Å². The molecule has 0 amide bonds. The first-order chi connectivity index (χ1) is 6.41. The molecular formula is C11H13Cl3. The number of hydrogen-bond donors (Lipinski definition) is 0. The van der Waals surface area contributed by atoms with E-state index in [2.05, 4.69) is 13.8 Å². The van der Waals surface area contributed by atoms with Gasteiger partial charge in [0.2, 0.25) is 3.79 Å². The van der Waals surface area contributed by atoms with Crippen LogP contribution in [0.2, 0.25) is 0 Å². The standard InChI is InChI=1S/C11H13Cl3/c1-8(2)7-9-5-3-4-6-10(9)11(12,13)14/h3-6,8H,7H2,1-2H3. The van der Waals surface area contributed by atoms with Crippen LogP contribution in [0.25, 0.3) is 0 Å². The fraction of sp³-hybridized carbons (Fsp3) is 0.455. The van der Waals surface area contributed by atoms with Crippen molar-refractivity contribution >= 4 is 34.8 Å². The second-order valence-electron chi connectivity index (χ2n) is 3.75. The predicted octanol–water partition coefficient (Wildman–Crippen LogP) is 4.71. The molecule has 0 aliphatic rings. The summed E-state index contributed by atoms with van der Waals surface area (Å²) in [5, 5.41) is 0. The normalized spacial score (nSPS) is 12.1. The molecule has 0 nitrogen and oxygen atoms in total. The van der Waals surface area contributed by atoms with Crippen molar-refractivity contribution in [3.05, 3.63) is 35.4 Å². The highest BCUT2D eigenvalue weighted by molar-refractivity contribution is 6.66. The van der Waals surface area contributed by atoms with Crippen LogP contribution in [0.1, 0.15) is 25.0 Å². The smallest absolute Gasteiger partial charge is 0.0784 e. The maximum Gasteiger partial charge on any atom is 0.216 e. The Morgan fingerprint density at radius 2 is 1.71 bits per heavy atom. The highest BCUT2D eigenvalue weighted by Gasteiger charge is 2.25. The largest absolute Gasteiger partial charge is 0.216 e. The zero-order valence-electron chi connectivity index (χ0n) is 8.23. The highest BCUT2D eigenvalue weighted by atomic mass is 35.6. The van der Waals surface area contributed by atoms with Crippen LogP contribution in [0, 0.1) is 5.92 Å². The van der Waals surface area contributed by atoms with E-state index in [-0.39, 0.29) is 0 Å². The molecular weight excluding hydrogens is 238 g/mol. The fourth-order valence-electron chi connectivity index (χ4n) is 1.41. The number of rotatable bonds is 2. The summed E-state index contributed by atoms with van der Waals surface area (Å²) in [6.45, 7) is 4.30. The van der Waals surface area contributed by atoms with Crippen LogP contribution in [0.3, 0.4) is 0 Å². The molecule has 0 saturated heterocycles. The maximum absolute atomic E-state index is 5.88. The molecule has 14 heavy (non-hydrogen) atoms. The quantitative estimate of drug-likeness (QED) is 0.668. The molecule has 0 heterocycles. The Bertz CT molecular complexity index is 300. The lowest BCUT2D eigenvalue weighted by Gasteiger charge is -2.17. The molecule has 0 unspecified atom stereocenters. The fourth-order valence-corrected chi connectivity index (χ4v) is 1.97. The first kappa shape index (κ1) is 12.2. The zero-order valence-corrected chi connectivity index (χ0v) is 10.5. The van der Waals surface area contributed by atoms with E-state index in [0.717, 1.165) is 17.5 Å². The van der Waals surface area contributed by atoms with E-state index in [0.29, 0.717) is 5.92 Å². The topological polar surface area (TPSA) is 0 Å². The van der Waals surface area contributed by atoms with Gasteiger partial charge in [-0.1, -0.05) is 72.9 Å². The van der Waals surface area contributed by atoms with Crippen molar-refractivity contribution in [3.8, 4) is 0 Å². The summed E-state index contributed by atoms with van der Waals surface area (Å²) in [5.41, 5.74) is 1.90. The minimum absolute atomic E-state index is 0.559. The number of alkyl halides is 3. The predicted molar refractivity (Wildman–Crippen MR) is 64.2 cm³/mol.